The quantitative estimate of drug-likeness (QED) is 0.0935. The first-order valence-corrected chi connectivity index (χ1v) is 46.8. The maximum Gasteiger partial charge on any atom is 0.417 e. The molecule has 0 amide bonds. The Bertz CT molecular complexity index is 3610. The number of rotatable bonds is 16. The van der Waals surface area contributed by atoms with Crippen LogP contribution in [0.1, 0.15) is 322 Å². The van der Waals surface area contributed by atoms with E-state index in [4.69, 9.17) is 23.7 Å². The highest BCUT2D eigenvalue weighted by Gasteiger charge is 2.70. The van der Waals surface area contributed by atoms with Crippen LogP contribution < -0.4 is 0 Å². The van der Waals surface area contributed by atoms with Gasteiger partial charge in [-0.2, -0.15) is 39.5 Å². The van der Waals surface area contributed by atoms with E-state index in [0.29, 0.717) is 164 Å². The van der Waals surface area contributed by atoms with Gasteiger partial charge in [-0.3, -0.25) is 0 Å². The zero-order valence-corrected chi connectivity index (χ0v) is 72.4. The number of alkyl halides is 9. The fourth-order valence-electron chi connectivity index (χ4n) is 31.8. The van der Waals surface area contributed by atoms with Crippen LogP contribution in [0.5, 0.6) is 0 Å². The fourth-order valence-corrected chi connectivity index (χ4v) is 31.8. The number of ether oxygens (including phenoxy) is 5. The average molecular weight is 1680 g/mol. The SMILES string of the molecule is C.C[C@H](CCC1(O)CCOC1)[C@H]1CC[C@H]2[C@@H]3CC[C@H]4C[C@](O)(C(F)(F)F)CC[C@]4(C)[C@H]3CC[C@]12C.C[C@H](CC[C@@]1(OC(=O)c2ccccc2)CCOC1)[C@H]1CC[C@H]2[C@@H]3CC[C@H]4C[C@](O)(C(F)(F)F)CC[C@]4(C)[C@H]3CC[C@]12C.C[C@H](CC[C@]1(OC(=O)c2ccccc2)CCOC1)[C@H]1CC[C@H]2[C@@H]3CC[C@H]4C[C@](O)(C(F)(F)F)CC[C@]4(C)[C@H]3CC[C@]12C. The van der Waals surface area contributed by atoms with Gasteiger partial charge in [-0.15, -0.1) is 0 Å². The Hall–Kier alpha value is -3.53. The number of benzene rings is 2. The van der Waals surface area contributed by atoms with Gasteiger partial charge in [0.1, 0.15) is 11.2 Å². The molecule has 15 aliphatic rings. The summed E-state index contributed by atoms with van der Waals surface area (Å²) in [5, 5.41) is 42.3. The van der Waals surface area contributed by atoms with Gasteiger partial charge >= 0.3 is 30.5 Å². The third kappa shape index (κ3) is 16.7. The van der Waals surface area contributed by atoms with Crippen LogP contribution in [-0.4, -0.2) is 124 Å². The molecule has 2 aromatic carbocycles. The summed E-state index contributed by atoms with van der Waals surface area (Å²) in [6, 6.07) is 18.4. The summed E-state index contributed by atoms with van der Waals surface area (Å²) in [6.07, 6.45) is 14.2. The van der Waals surface area contributed by atoms with E-state index < -0.39 is 52.1 Å². The van der Waals surface area contributed by atoms with Crippen LogP contribution in [0.2, 0.25) is 0 Å². The Balaban J connectivity index is 0.000000147. The highest BCUT2D eigenvalue weighted by atomic mass is 19.4. The van der Waals surface area contributed by atoms with Crippen LogP contribution >= 0.6 is 0 Å². The summed E-state index contributed by atoms with van der Waals surface area (Å²) in [4.78, 5) is 25.9. The minimum Gasteiger partial charge on any atom is -0.453 e. The highest BCUT2D eigenvalue weighted by molar-refractivity contribution is 5.90. The van der Waals surface area contributed by atoms with Crippen molar-refractivity contribution in [3.8, 4) is 0 Å². The Morgan fingerprint density at radius 3 is 0.950 bits per heavy atom. The molecule has 0 bridgehead atoms. The van der Waals surface area contributed by atoms with Gasteiger partial charge in [-0.1, -0.05) is 106 Å². The molecular formula is C99H147F9O11. The lowest BCUT2D eigenvalue weighted by molar-refractivity contribution is -0.290. The van der Waals surface area contributed by atoms with Gasteiger partial charge in [0.25, 0.3) is 0 Å². The molecule has 12 aliphatic carbocycles. The molecule has 2 aromatic rings. The Kier molecular flexibility index (Phi) is 25.9. The van der Waals surface area contributed by atoms with Gasteiger partial charge in [0, 0.05) is 25.9 Å². The Labute approximate surface area is 705 Å². The molecule has 4 N–H and O–H groups in total. The van der Waals surface area contributed by atoms with Gasteiger partial charge in [0.15, 0.2) is 16.8 Å². The maximum atomic E-state index is 13.7. The average Bonchev–Trinajstić information content (AvgIpc) is 1.71. The number of carbonyl (C=O) groups excluding carboxylic acids is 2. The minimum absolute atomic E-state index is 0. The number of fused-ring (bicyclic) bond motifs is 15. The lowest BCUT2D eigenvalue weighted by Crippen LogP contribution is -2.59. The predicted molar refractivity (Wildman–Crippen MR) is 441 cm³/mol. The van der Waals surface area contributed by atoms with Crippen molar-refractivity contribution in [3.05, 3.63) is 71.8 Å². The van der Waals surface area contributed by atoms with Crippen molar-refractivity contribution in [1.82, 2.24) is 0 Å². The van der Waals surface area contributed by atoms with Crippen LogP contribution in [0.4, 0.5) is 39.5 Å². The molecule has 0 aromatic heterocycles. The third-order valence-corrected chi connectivity index (χ3v) is 39.1. The van der Waals surface area contributed by atoms with Crippen LogP contribution in [0.25, 0.3) is 0 Å². The third-order valence-electron chi connectivity index (χ3n) is 39.1. The molecule has 20 heteroatoms. The van der Waals surface area contributed by atoms with Crippen LogP contribution in [0.3, 0.4) is 0 Å². The molecule has 3 heterocycles. The first kappa shape index (κ1) is 91.7. The zero-order valence-electron chi connectivity index (χ0n) is 72.4. The fraction of sp³-hybridized carbons (Fsp3) is 0.859. The first-order valence-electron chi connectivity index (χ1n) is 46.8. The second-order valence-corrected chi connectivity index (χ2v) is 44.4. The number of aliphatic hydroxyl groups is 4. The summed E-state index contributed by atoms with van der Waals surface area (Å²) in [7, 11) is 0. The summed E-state index contributed by atoms with van der Waals surface area (Å²) < 4.78 is 152. The predicted octanol–water partition coefficient (Wildman–Crippen LogP) is 23.9. The second-order valence-electron chi connectivity index (χ2n) is 44.4. The van der Waals surface area contributed by atoms with Crippen molar-refractivity contribution in [2.24, 2.45) is 139 Å². The molecule has 3 saturated heterocycles. The Morgan fingerprint density at radius 2 is 0.664 bits per heavy atom. The van der Waals surface area contributed by atoms with E-state index in [9.17, 15) is 69.5 Å². The van der Waals surface area contributed by atoms with Crippen molar-refractivity contribution in [2.45, 2.75) is 353 Å². The summed E-state index contributed by atoms with van der Waals surface area (Å²) in [5.74, 6) is 7.78. The number of esters is 2. The lowest BCUT2D eigenvalue weighted by Gasteiger charge is -2.62. The van der Waals surface area contributed by atoms with E-state index in [2.05, 4.69) is 62.3 Å². The van der Waals surface area contributed by atoms with Crippen molar-refractivity contribution in [3.63, 3.8) is 0 Å². The maximum absolute atomic E-state index is 13.7. The van der Waals surface area contributed by atoms with E-state index in [1.165, 1.54) is 44.9 Å². The minimum atomic E-state index is -4.55. The number of carbonyl (C=O) groups is 2. The van der Waals surface area contributed by atoms with E-state index in [0.717, 1.165) is 128 Å². The molecule has 0 radical (unpaired) electrons. The summed E-state index contributed by atoms with van der Waals surface area (Å²) >= 11 is 0. The summed E-state index contributed by atoms with van der Waals surface area (Å²) in [5.41, 5.74) is -7.65. The van der Waals surface area contributed by atoms with Gasteiger partial charge in [-0.25, -0.2) is 9.59 Å². The molecule has 11 nitrogen and oxygen atoms in total. The van der Waals surface area contributed by atoms with Crippen LogP contribution in [-0.2, 0) is 23.7 Å². The molecule has 0 spiro atoms. The first-order chi connectivity index (χ1) is 55.4. The second kappa shape index (κ2) is 33.6. The van der Waals surface area contributed by atoms with E-state index >= 15 is 0 Å². The topological polar surface area (TPSA) is 161 Å². The molecule has 119 heavy (non-hydrogen) atoms. The van der Waals surface area contributed by atoms with Crippen molar-refractivity contribution < 1.29 is 93.2 Å². The number of hydrogen-bond acceptors (Lipinski definition) is 11. The molecule has 17 rings (SSSR count). The van der Waals surface area contributed by atoms with Crippen molar-refractivity contribution >= 4 is 11.9 Å². The molecular weight excluding hydrogens is 1540 g/mol. The largest absolute Gasteiger partial charge is 0.453 e. The van der Waals surface area contributed by atoms with Crippen molar-refractivity contribution in [2.75, 3.05) is 39.6 Å². The number of hydrogen-bond donors (Lipinski definition) is 4. The summed E-state index contributed by atoms with van der Waals surface area (Å²) in [6.45, 7) is 24.7. The molecule has 1 unspecified atom stereocenters. The van der Waals surface area contributed by atoms with Gasteiger partial charge < -0.3 is 44.1 Å². The Morgan fingerprint density at radius 1 is 0.370 bits per heavy atom. The number of halogens is 9. The van der Waals surface area contributed by atoms with E-state index in [-0.39, 0.29) is 103 Å². The van der Waals surface area contributed by atoms with Gasteiger partial charge in [0.05, 0.1) is 49.8 Å². The standard InChI is InChI=1S/2C35H49F3O4.C28H45F3O3.CH4/c2*1-23(13-16-33(19-20-41-22-33)42-30(39)24-7-5-4-6-8-24)27-11-12-28-26-10-9-25-21-34(40,35(36,37)38)18-17-31(25,2)29(26)14-15-32(27,28)3;1-18(8-11-26(32)14-15-34-17-26)21-6-7-22-20-5-4-19-16-27(33,28(29,30)31)13-12-24(19,2)23(20)9-10-25(21,22)3;/h2*4-8,23,25-29,40H,9-22H2,1-3H3;18-23,32-33H,4-17H2,1-3H3;1H4/t23-,25+,26+,27-,28+,29+,31+,32-,33+,34+;23-,25+,26+,27-,28+,29+,31+,32-,33-,34+;18-,19+,20+,21-,22+,23+,24+,25-,26?,27+;/m111./s1. The van der Waals surface area contributed by atoms with Crippen LogP contribution in [0, 0.1) is 139 Å². The molecule has 15 fully saturated rings. The normalized spacial score (nSPS) is 46.0. The smallest absolute Gasteiger partial charge is 0.417 e. The van der Waals surface area contributed by atoms with Gasteiger partial charge in [0.2, 0.25) is 0 Å². The lowest BCUT2D eigenvalue weighted by atomic mass is 9.43. The molecule has 30 atom stereocenters. The van der Waals surface area contributed by atoms with E-state index in [1.54, 1.807) is 24.3 Å². The van der Waals surface area contributed by atoms with Gasteiger partial charge in [-0.05, 0) is 375 Å². The highest BCUT2D eigenvalue weighted by Crippen LogP contribution is 2.74. The monoisotopic (exact) mass is 1680 g/mol. The molecule has 3 aliphatic heterocycles. The zero-order chi connectivity index (χ0) is 84.5. The van der Waals surface area contributed by atoms with E-state index in [1.807, 2.05) is 36.4 Å². The molecule has 12 saturated carbocycles. The van der Waals surface area contributed by atoms with Crippen molar-refractivity contribution in [1.29, 1.82) is 0 Å². The molecule has 672 valence electrons. The van der Waals surface area contributed by atoms with Crippen LogP contribution in [0.15, 0.2) is 60.7 Å².